The summed E-state index contributed by atoms with van der Waals surface area (Å²) < 4.78 is 15.3. The van der Waals surface area contributed by atoms with E-state index in [9.17, 15) is 19.7 Å². The van der Waals surface area contributed by atoms with Crippen LogP contribution in [0.5, 0.6) is 17.2 Å². The van der Waals surface area contributed by atoms with Gasteiger partial charge in [-0.3, -0.25) is 19.7 Å². The van der Waals surface area contributed by atoms with E-state index in [0.717, 1.165) is 6.07 Å². The van der Waals surface area contributed by atoms with Crippen molar-refractivity contribution in [3.63, 3.8) is 0 Å². The number of nitrogens with one attached hydrogen (secondary N) is 1. The average molecular weight is 456 g/mol. The van der Waals surface area contributed by atoms with E-state index in [2.05, 4.69) is 10.5 Å². The number of nitro groups is 1. The topological polar surface area (TPSA) is 129 Å². The maximum Gasteiger partial charge on any atom is 0.314 e. The molecule has 0 saturated heterocycles. The van der Waals surface area contributed by atoms with Gasteiger partial charge >= 0.3 is 11.7 Å². The van der Waals surface area contributed by atoms with E-state index in [1.54, 1.807) is 12.1 Å². The Balaban J connectivity index is 1.99. The molecule has 0 aliphatic carbocycles. The fourth-order valence-corrected chi connectivity index (χ4v) is 2.71. The first kappa shape index (κ1) is 22.9. The maximum atomic E-state index is 11.9. The van der Waals surface area contributed by atoms with Crippen LogP contribution in [0.2, 0.25) is 10.0 Å². The molecule has 0 aliphatic rings. The molecule has 158 valence electrons. The number of hydrogen-bond acceptors (Lipinski definition) is 8. The van der Waals surface area contributed by atoms with Crippen molar-refractivity contribution in [1.82, 2.24) is 5.43 Å². The summed E-state index contributed by atoms with van der Waals surface area (Å²) in [6.45, 7) is 0.687. The number of ether oxygens (including phenoxy) is 3. The molecule has 0 unspecified atom stereocenters. The number of nitro benzene ring substituents is 1. The Morgan fingerprint density at radius 2 is 1.97 bits per heavy atom. The highest BCUT2D eigenvalue weighted by molar-refractivity contribution is 6.36. The lowest BCUT2D eigenvalue weighted by Crippen LogP contribution is -2.24. The number of esters is 1. The van der Waals surface area contributed by atoms with Crippen molar-refractivity contribution in [3.8, 4) is 17.2 Å². The van der Waals surface area contributed by atoms with Gasteiger partial charge in [-0.1, -0.05) is 23.2 Å². The number of halogens is 2. The van der Waals surface area contributed by atoms with Crippen LogP contribution in [0.1, 0.15) is 12.5 Å². The van der Waals surface area contributed by atoms with Crippen LogP contribution in [0.3, 0.4) is 0 Å². The van der Waals surface area contributed by atoms with E-state index in [4.69, 9.17) is 37.4 Å². The van der Waals surface area contributed by atoms with E-state index in [-0.39, 0.29) is 21.5 Å². The van der Waals surface area contributed by atoms with E-state index >= 15 is 0 Å². The molecule has 0 fully saturated rings. The monoisotopic (exact) mass is 455 g/mol. The van der Waals surface area contributed by atoms with Gasteiger partial charge in [0.15, 0.2) is 18.1 Å². The Bertz CT molecular complexity index is 1010. The predicted molar refractivity (Wildman–Crippen MR) is 109 cm³/mol. The Kier molecular flexibility index (Phi) is 7.96. The summed E-state index contributed by atoms with van der Waals surface area (Å²) >= 11 is 11.6. The van der Waals surface area contributed by atoms with E-state index < -0.39 is 29.1 Å². The van der Waals surface area contributed by atoms with Gasteiger partial charge in [0.2, 0.25) is 5.75 Å². The Labute approximate surface area is 180 Å². The van der Waals surface area contributed by atoms with Crippen LogP contribution in [0.4, 0.5) is 5.69 Å². The molecule has 1 N–H and O–H groups in total. The minimum Gasteiger partial charge on any atom is -0.493 e. The normalized spacial score (nSPS) is 10.5. The van der Waals surface area contributed by atoms with Crippen LogP contribution in [0.15, 0.2) is 35.4 Å². The SMILES string of the molecule is COc1cc(/C=N\NC(=O)COc2c(Cl)cc(Cl)cc2[N+](=O)[O-])ccc1OC(C)=O. The summed E-state index contributed by atoms with van der Waals surface area (Å²) in [5, 5.41) is 14.8. The summed E-state index contributed by atoms with van der Waals surface area (Å²) in [5.74, 6) is -0.927. The van der Waals surface area contributed by atoms with Gasteiger partial charge < -0.3 is 14.2 Å². The number of hydrogen-bond donors (Lipinski definition) is 1. The average Bonchev–Trinajstić information content (AvgIpc) is 2.67. The van der Waals surface area contributed by atoms with Gasteiger partial charge in [0, 0.05) is 18.0 Å². The first-order valence-electron chi connectivity index (χ1n) is 8.16. The Morgan fingerprint density at radius 3 is 2.60 bits per heavy atom. The number of carbonyl (C=O) groups excluding carboxylic acids is 2. The fourth-order valence-electron chi connectivity index (χ4n) is 2.18. The van der Waals surface area contributed by atoms with Crippen molar-refractivity contribution in [2.45, 2.75) is 6.92 Å². The number of nitrogens with zero attached hydrogens (tertiary/aromatic N) is 2. The summed E-state index contributed by atoms with van der Waals surface area (Å²) in [5.41, 5.74) is 2.28. The summed E-state index contributed by atoms with van der Waals surface area (Å²) in [6, 6.07) is 6.96. The van der Waals surface area contributed by atoms with Crippen molar-refractivity contribution in [3.05, 3.63) is 56.1 Å². The van der Waals surface area contributed by atoms with Crippen LogP contribution >= 0.6 is 23.2 Å². The lowest BCUT2D eigenvalue weighted by molar-refractivity contribution is -0.385. The van der Waals surface area contributed by atoms with Crippen LogP contribution < -0.4 is 19.6 Å². The summed E-state index contributed by atoms with van der Waals surface area (Å²) in [7, 11) is 1.41. The van der Waals surface area contributed by atoms with Gasteiger partial charge in [-0.15, -0.1) is 0 Å². The molecule has 0 spiro atoms. The van der Waals surface area contributed by atoms with Gasteiger partial charge in [0.1, 0.15) is 0 Å². The third kappa shape index (κ3) is 6.33. The third-order valence-corrected chi connectivity index (χ3v) is 3.88. The molecule has 0 aromatic heterocycles. The molecule has 30 heavy (non-hydrogen) atoms. The Morgan fingerprint density at radius 1 is 1.23 bits per heavy atom. The van der Waals surface area contributed by atoms with Gasteiger partial charge in [-0.25, -0.2) is 5.43 Å². The number of carbonyl (C=O) groups is 2. The minimum absolute atomic E-state index is 0.0586. The lowest BCUT2D eigenvalue weighted by Gasteiger charge is -2.09. The summed E-state index contributed by atoms with van der Waals surface area (Å²) in [4.78, 5) is 33.3. The van der Waals surface area contributed by atoms with Crippen LogP contribution in [0.25, 0.3) is 0 Å². The maximum absolute atomic E-state index is 11.9. The van der Waals surface area contributed by atoms with Gasteiger partial charge in [-0.05, 0) is 29.8 Å². The highest BCUT2D eigenvalue weighted by atomic mass is 35.5. The molecule has 10 nitrogen and oxygen atoms in total. The summed E-state index contributed by atoms with van der Waals surface area (Å²) in [6.07, 6.45) is 1.32. The molecule has 12 heteroatoms. The lowest BCUT2D eigenvalue weighted by atomic mass is 10.2. The quantitative estimate of drug-likeness (QED) is 0.212. The molecule has 0 saturated carbocycles. The standard InChI is InChI=1S/C18H15Cl2N3O7/c1-10(24)30-15-4-3-11(5-16(15)28-2)8-21-22-17(25)9-29-18-13(20)6-12(19)7-14(18)23(26)27/h3-8H,9H2,1-2H3,(H,22,25)/b21-8-. The van der Waals surface area contributed by atoms with Crippen molar-refractivity contribution < 1.29 is 28.7 Å². The first-order chi connectivity index (χ1) is 14.2. The molecule has 0 bridgehead atoms. The van der Waals surface area contributed by atoms with E-state index in [0.29, 0.717) is 11.3 Å². The van der Waals surface area contributed by atoms with Crippen LogP contribution in [-0.2, 0) is 9.59 Å². The molecule has 2 aromatic rings. The first-order valence-corrected chi connectivity index (χ1v) is 8.91. The van der Waals surface area contributed by atoms with Gasteiger partial charge in [-0.2, -0.15) is 5.10 Å². The highest BCUT2D eigenvalue weighted by Crippen LogP contribution is 2.37. The zero-order valence-electron chi connectivity index (χ0n) is 15.7. The number of hydrazone groups is 1. The van der Waals surface area contributed by atoms with Gasteiger partial charge in [0.25, 0.3) is 5.91 Å². The molecule has 2 rings (SSSR count). The van der Waals surface area contributed by atoms with Crippen molar-refractivity contribution in [2.24, 2.45) is 5.10 Å². The number of amides is 1. The molecule has 2 aromatic carbocycles. The third-order valence-electron chi connectivity index (χ3n) is 3.38. The van der Waals surface area contributed by atoms with Crippen LogP contribution in [0, 0.1) is 10.1 Å². The molecule has 0 heterocycles. The second-order valence-corrected chi connectivity index (χ2v) is 6.42. The number of benzene rings is 2. The minimum atomic E-state index is -0.726. The van der Waals surface area contributed by atoms with E-state index in [1.165, 1.54) is 32.4 Å². The zero-order valence-corrected chi connectivity index (χ0v) is 17.2. The fraction of sp³-hybridized carbons (Fsp3) is 0.167. The van der Waals surface area contributed by atoms with Crippen molar-refractivity contribution in [2.75, 3.05) is 13.7 Å². The van der Waals surface area contributed by atoms with Crippen LogP contribution in [-0.4, -0.2) is 36.7 Å². The zero-order chi connectivity index (χ0) is 22.3. The second kappa shape index (κ2) is 10.4. The predicted octanol–water partition coefficient (Wildman–Crippen LogP) is 3.36. The Hall–Kier alpha value is -3.37. The molecule has 0 atom stereocenters. The largest absolute Gasteiger partial charge is 0.493 e. The van der Waals surface area contributed by atoms with Crippen molar-refractivity contribution >= 4 is 47.0 Å². The molecule has 0 aliphatic heterocycles. The molecular weight excluding hydrogens is 441 g/mol. The highest BCUT2D eigenvalue weighted by Gasteiger charge is 2.21. The smallest absolute Gasteiger partial charge is 0.314 e. The molecule has 0 radical (unpaired) electrons. The molecular formula is C18H15Cl2N3O7. The molecule has 1 amide bonds. The second-order valence-electron chi connectivity index (χ2n) is 5.58. The number of methoxy groups -OCH3 is 1. The van der Waals surface area contributed by atoms with E-state index in [1.807, 2.05) is 0 Å². The van der Waals surface area contributed by atoms with Crippen molar-refractivity contribution in [1.29, 1.82) is 0 Å². The van der Waals surface area contributed by atoms with Gasteiger partial charge in [0.05, 0.1) is 23.3 Å². The number of rotatable bonds is 8.